The fourth-order valence-electron chi connectivity index (χ4n) is 1.51. The zero-order valence-electron chi connectivity index (χ0n) is 9.95. The van der Waals surface area contributed by atoms with Crippen LogP contribution in [-0.4, -0.2) is 15.3 Å². The summed E-state index contributed by atoms with van der Waals surface area (Å²) in [5.41, 5.74) is 3.77. The van der Waals surface area contributed by atoms with Crippen LogP contribution in [0.2, 0.25) is 0 Å². The van der Waals surface area contributed by atoms with Gasteiger partial charge in [0.1, 0.15) is 17.2 Å². The van der Waals surface area contributed by atoms with Crippen molar-refractivity contribution in [2.24, 2.45) is 0 Å². The lowest BCUT2D eigenvalue weighted by Gasteiger charge is -2.11. The number of fused-ring (bicyclic) bond motifs is 1. The number of phenols is 3. The Kier molecular flexibility index (Phi) is 3.78. The van der Waals surface area contributed by atoms with Gasteiger partial charge in [0, 0.05) is 30.0 Å². The summed E-state index contributed by atoms with van der Waals surface area (Å²) in [6.07, 6.45) is 3.74. The summed E-state index contributed by atoms with van der Waals surface area (Å²) in [6, 6.07) is 11.3. The van der Waals surface area contributed by atoms with E-state index in [1.165, 1.54) is 0 Å². The molecule has 0 aromatic heterocycles. The van der Waals surface area contributed by atoms with Crippen molar-refractivity contribution in [3.63, 3.8) is 0 Å². The Morgan fingerprint density at radius 2 is 1.42 bits per heavy atom. The molecule has 0 saturated carbocycles. The van der Waals surface area contributed by atoms with Gasteiger partial charge in [-0.25, -0.2) is 5.48 Å². The molecule has 0 saturated heterocycles. The molecule has 5 heteroatoms. The number of hydrogen-bond donors (Lipinski definition) is 4. The maximum Gasteiger partial charge on any atom is 0.162 e. The Bertz CT molecular complexity index is 545. The summed E-state index contributed by atoms with van der Waals surface area (Å²) in [4.78, 5) is 5.09. The second kappa shape index (κ2) is 5.68. The molecule has 4 N–H and O–H groups in total. The Morgan fingerprint density at radius 3 is 2.00 bits per heavy atom. The van der Waals surface area contributed by atoms with Gasteiger partial charge in [0.05, 0.1) is 0 Å². The summed E-state index contributed by atoms with van der Waals surface area (Å²) in [5, 5.41) is 26.0. The van der Waals surface area contributed by atoms with Crippen LogP contribution in [0.5, 0.6) is 23.0 Å². The lowest BCUT2D eigenvalue weighted by Crippen LogP contribution is -2.13. The van der Waals surface area contributed by atoms with Gasteiger partial charge < -0.3 is 20.2 Å². The molecule has 0 radical (unpaired) electrons. The van der Waals surface area contributed by atoms with Gasteiger partial charge in [-0.05, 0) is 12.1 Å². The fraction of sp³-hybridized carbons (Fsp3) is 0. The second-order valence-electron chi connectivity index (χ2n) is 3.80. The smallest absolute Gasteiger partial charge is 0.162 e. The normalized spacial score (nSPS) is 11.4. The average Bonchev–Trinajstić information content (AvgIpc) is 2.38. The SMILES string of the molecule is C1=Cc2ccccc2ON1.Oc1cc(O)cc(O)c1. The fourth-order valence-corrected chi connectivity index (χ4v) is 1.51. The van der Waals surface area contributed by atoms with Gasteiger partial charge >= 0.3 is 0 Å². The Labute approximate surface area is 110 Å². The molecule has 0 unspecified atom stereocenters. The van der Waals surface area contributed by atoms with E-state index >= 15 is 0 Å². The topological polar surface area (TPSA) is 82.0 Å². The van der Waals surface area contributed by atoms with Crippen LogP contribution < -0.4 is 10.3 Å². The first kappa shape index (κ1) is 12.6. The monoisotopic (exact) mass is 259 g/mol. The molecule has 0 bridgehead atoms. The van der Waals surface area contributed by atoms with Crippen molar-refractivity contribution in [3.05, 3.63) is 54.2 Å². The Morgan fingerprint density at radius 1 is 0.842 bits per heavy atom. The van der Waals surface area contributed by atoms with E-state index in [-0.39, 0.29) is 17.2 Å². The maximum absolute atomic E-state index is 8.67. The molecule has 19 heavy (non-hydrogen) atoms. The van der Waals surface area contributed by atoms with Crippen LogP contribution in [0.3, 0.4) is 0 Å². The third-order valence-electron chi connectivity index (χ3n) is 2.31. The van der Waals surface area contributed by atoms with Crippen molar-refractivity contribution in [1.82, 2.24) is 5.48 Å². The van der Waals surface area contributed by atoms with Crippen LogP contribution in [0, 0.1) is 0 Å². The lowest BCUT2D eigenvalue weighted by atomic mass is 10.2. The number of benzene rings is 2. The molecule has 0 aliphatic carbocycles. The van der Waals surface area contributed by atoms with Crippen molar-refractivity contribution >= 4 is 6.08 Å². The number of rotatable bonds is 0. The first-order valence-electron chi connectivity index (χ1n) is 5.55. The molecular weight excluding hydrogens is 246 g/mol. The minimum atomic E-state index is -0.146. The second-order valence-corrected chi connectivity index (χ2v) is 3.80. The highest BCUT2D eigenvalue weighted by Gasteiger charge is 2.01. The van der Waals surface area contributed by atoms with Gasteiger partial charge in [-0.1, -0.05) is 18.2 Å². The van der Waals surface area contributed by atoms with Crippen LogP contribution in [-0.2, 0) is 0 Å². The molecule has 1 aliphatic rings. The molecular formula is C14H13NO4. The molecule has 1 heterocycles. The summed E-state index contributed by atoms with van der Waals surface area (Å²) < 4.78 is 0. The van der Waals surface area contributed by atoms with Gasteiger partial charge in [0.2, 0.25) is 0 Å². The zero-order chi connectivity index (χ0) is 13.7. The molecule has 1 aliphatic heterocycles. The summed E-state index contributed by atoms with van der Waals surface area (Å²) >= 11 is 0. The third kappa shape index (κ3) is 3.57. The van der Waals surface area contributed by atoms with E-state index in [1.807, 2.05) is 30.3 Å². The van der Waals surface area contributed by atoms with Crippen LogP contribution >= 0.6 is 0 Å². The molecule has 0 spiro atoms. The predicted octanol–water partition coefficient (Wildman–Crippen LogP) is 2.36. The van der Waals surface area contributed by atoms with Crippen LogP contribution in [0.15, 0.2) is 48.7 Å². The molecule has 0 atom stereocenters. The molecule has 98 valence electrons. The summed E-state index contributed by atoms with van der Waals surface area (Å²) in [5.74, 6) is 0.442. The lowest BCUT2D eigenvalue weighted by molar-refractivity contribution is 0.239. The molecule has 3 rings (SSSR count). The Hall–Kier alpha value is -2.82. The van der Waals surface area contributed by atoms with E-state index in [0.29, 0.717) is 0 Å². The zero-order valence-corrected chi connectivity index (χ0v) is 9.95. The first-order valence-corrected chi connectivity index (χ1v) is 5.55. The molecule has 0 amide bonds. The minimum absolute atomic E-state index is 0.146. The number of hydrogen-bond acceptors (Lipinski definition) is 5. The largest absolute Gasteiger partial charge is 0.508 e. The number of nitrogens with one attached hydrogen (secondary N) is 1. The predicted molar refractivity (Wildman–Crippen MR) is 70.7 cm³/mol. The third-order valence-corrected chi connectivity index (χ3v) is 2.31. The number of para-hydroxylation sites is 1. The first-order chi connectivity index (χ1) is 9.15. The van der Waals surface area contributed by atoms with Gasteiger partial charge in [-0.15, -0.1) is 0 Å². The van der Waals surface area contributed by atoms with Gasteiger partial charge in [-0.3, -0.25) is 0 Å². The summed E-state index contributed by atoms with van der Waals surface area (Å²) in [7, 11) is 0. The van der Waals surface area contributed by atoms with Crippen LogP contribution in [0.25, 0.3) is 6.08 Å². The van der Waals surface area contributed by atoms with E-state index < -0.39 is 0 Å². The molecule has 2 aromatic carbocycles. The quantitative estimate of drug-likeness (QED) is 0.584. The van der Waals surface area contributed by atoms with Crippen molar-refractivity contribution in [2.45, 2.75) is 0 Å². The number of hydroxylamine groups is 1. The molecule has 2 aromatic rings. The van der Waals surface area contributed by atoms with E-state index in [0.717, 1.165) is 29.5 Å². The van der Waals surface area contributed by atoms with Crippen LogP contribution in [0.1, 0.15) is 5.56 Å². The van der Waals surface area contributed by atoms with E-state index in [2.05, 4.69) is 5.48 Å². The van der Waals surface area contributed by atoms with Crippen molar-refractivity contribution < 1.29 is 20.2 Å². The van der Waals surface area contributed by atoms with E-state index in [1.54, 1.807) is 6.20 Å². The van der Waals surface area contributed by atoms with E-state index in [4.69, 9.17) is 20.2 Å². The maximum atomic E-state index is 8.67. The van der Waals surface area contributed by atoms with Crippen molar-refractivity contribution in [2.75, 3.05) is 0 Å². The highest BCUT2D eigenvalue weighted by atomic mass is 16.6. The van der Waals surface area contributed by atoms with Crippen molar-refractivity contribution in [1.29, 1.82) is 0 Å². The van der Waals surface area contributed by atoms with E-state index in [9.17, 15) is 0 Å². The van der Waals surface area contributed by atoms with Gasteiger partial charge in [0.15, 0.2) is 5.75 Å². The minimum Gasteiger partial charge on any atom is -0.508 e. The van der Waals surface area contributed by atoms with Crippen LogP contribution in [0.4, 0.5) is 0 Å². The van der Waals surface area contributed by atoms with Gasteiger partial charge in [0.25, 0.3) is 0 Å². The summed E-state index contributed by atoms with van der Waals surface area (Å²) in [6.45, 7) is 0. The average molecular weight is 259 g/mol. The highest BCUT2D eigenvalue weighted by molar-refractivity contribution is 5.57. The standard InChI is InChI=1S/C8H7NO.C6H6O3/c1-2-4-8-7(3-1)5-6-9-10-8;7-4-1-5(8)3-6(9)2-4/h1-6,9H;1-3,7-9H. The number of phenolic OH excluding ortho intramolecular Hbond substituents is 3. The highest BCUT2D eigenvalue weighted by Crippen LogP contribution is 2.24. The Balaban J connectivity index is 0.000000141. The molecule has 5 nitrogen and oxygen atoms in total. The van der Waals surface area contributed by atoms with Crippen molar-refractivity contribution in [3.8, 4) is 23.0 Å². The molecule has 0 fully saturated rings. The van der Waals surface area contributed by atoms with Gasteiger partial charge in [-0.2, -0.15) is 0 Å². The number of aromatic hydroxyl groups is 3.